The van der Waals surface area contributed by atoms with Crippen LogP contribution in [-0.2, 0) is 6.42 Å². The van der Waals surface area contributed by atoms with E-state index in [0.717, 1.165) is 16.8 Å². The van der Waals surface area contributed by atoms with Crippen molar-refractivity contribution in [1.29, 1.82) is 0 Å². The molecule has 0 unspecified atom stereocenters. The van der Waals surface area contributed by atoms with Gasteiger partial charge in [0.15, 0.2) is 5.78 Å². The standard InChI is InChI=1S/C20H19NO3/c1-20(2)12-15-10-14(19(23)24)8-9-16(15)17(21-20)11-18(22)13-6-4-3-5-7-13/h3-11,21H,12H2,1-2H3,(H,23,24). The molecule has 0 atom stereocenters. The number of carbonyl (C=O) groups excluding carboxylic acids is 1. The van der Waals surface area contributed by atoms with E-state index in [9.17, 15) is 14.7 Å². The Morgan fingerprint density at radius 3 is 2.46 bits per heavy atom. The molecule has 2 aromatic carbocycles. The molecule has 0 saturated carbocycles. The van der Waals surface area contributed by atoms with E-state index in [1.165, 1.54) is 0 Å². The molecule has 0 aliphatic carbocycles. The highest BCUT2D eigenvalue weighted by Crippen LogP contribution is 2.30. The predicted octanol–water partition coefficient (Wildman–Crippen LogP) is 3.53. The molecule has 1 aliphatic rings. The van der Waals surface area contributed by atoms with Gasteiger partial charge < -0.3 is 10.4 Å². The minimum atomic E-state index is -0.944. The Morgan fingerprint density at radius 1 is 1.08 bits per heavy atom. The van der Waals surface area contributed by atoms with Crippen molar-refractivity contribution < 1.29 is 14.7 Å². The lowest BCUT2D eigenvalue weighted by Crippen LogP contribution is -2.44. The third kappa shape index (κ3) is 3.23. The summed E-state index contributed by atoms with van der Waals surface area (Å²) in [6, 6.07) is 14.1. The van der Waals surface area contributed by atoms with Crippen molar-refractivity contribution in [3.05, 3.63) is 76.9 Å². The smallest absolute Gasteiger partial charge is 0.335 e. The zero-order valence-corrected chi connectivity index (χ0v) is 13.7. The molecular formula is C20H19NO3. The molecule has 4 nitrogen and oxygen atoms in total. The van der Waals surface area contributed by atoms with E-state index in [2.05, 4.69) is 5.32 Å². The van der Waals surface area contributed by atoms with Crippen molar-refractivity contribution in [3.8, 4) is 0 Å². The van der Waals surface area contributed by atoms with Gasteiger partial charge in [-0.05, 0) is 38.0 Å². The zero-order valence-electron chi connectivity index (χ0n) is 13.7. The average Bonchev–Trinajstić information content (AvgIpc) is 2.54. The van der Waals surface area contributed by atoms with E-state index in [1.54, 1.807) is 36.4 Å². The minimum Gasteiger partial charge on any atom is -0.478 e. The fourth-order valence-electron chi connectivity index (χ4n) is 3.02. The topological polar surface area (TPSA) is 66.4 Å². The van der Waals surface area contributed by atoms with Crippen LogP contribution in [0.25, 0.3) is 5.70 Å². The summed E-state index contributed by atoms with van der Waals surface area (Å²) in [6.45, 7) is 4.06. The molecule has 2 aromatic rings. The Morgan fingerprint density at radius 2 is 1.79 bits per heavy atom. The van der Waals surface area contributed by atoms with Gasteiger partial charge in [-0.3, -0.25) is 4.79 Å². The summed E-state index contributed by atoms with van der Waals surface area (Å²) < 4.78 is 0. The van der Waals surface area contributed by atoms with Crippen molar-refractivity contribution in [2.45, 2.75) is 25.8 Å². The molecule has 0 saturated heterocycles. The third-order valence-corrected chi connectivity index (χ3v) is 4.08. The second kappa shape index (κ2) is 5.96. The quantitative estimate of drug-likeness (QED) is 0.670. The number of rotatable bonds is 3. The first-order valence-electron chi connectivity index (χ1n) is 7.82. The van der Waals surface area contributed by atoms with Crippen LogP contribution in [-0.4, -0.2) is 22.4 Å². The highest BCUT2D eigenvalue weighted by Gasteiger charge is 2.28. The molecule has 122 valence electrons. The summed E-state index contributed by atoms with van der Waals surface area (Å²) in [4.78, 5) is 23.7. The molecule has 0 radical (unpaired) electrons. The minimum absolute atomic E-state index is 0.0796. The number of carboxylic acids is 1. The molecule has 1 heterocycles. The summed E-state index contributed by atoms with van der Waals surface area (Å²) in [7, 11) is 0. The number of aromatic carboxylic acids is 1. The Hall–Kier alpha value is -2.88. The van der Waals surface area contributed by atoms with Gasteiger partial charge in [-0.1, -0.05) is 36.4 Å². The number of nitrogens with one attached hydrogen (secondary N) is 1. The Bertz CT molecular complexity index is 835. The number of hydrogen-bond acceptors (Lipinski definition) is 3. The van der Waals surface area contributed by atoms with E-state index in [4.69, 9.17) is 0 Å². The molecule has 0 spiro atoms. The summed E-state index contributed by atoms with van der Waals surface area (Å²) in [5.41, 5.74) is 3.17. The van der Waals surface area contributed by atoms with Crippen LogP contribution in [0.1, 0.15) is 45.7 Å². The third-order valence-electron chi connectivity index (χ3n) is 4.08. The van der Waals surface area contributed by atoms with E-state index >= 15 is 0 Å². The second-order valence-electron chi connectivity index (χ2n) is 6.65. The van der Waals surface area contributed by atoms with Gasteiger partial charge in [0.2, 0.25) is 0 Å². The van der Waals surface area contributed by atoms with Crippen molar-refractivity contribution in [2.24, 2.45) is 0 Å². The van der Waals surface area contributed by atoms with Crippen LogP contribution < -0.4 is 5.32 Å². The van der Waals surface area contributed by atoms with Crippen LogP contribution in [0, 0.1) is 0 Å². The summed E-state index contributed by atoms with van der Waals surface area (Å²) in [5, 5.41) is 12.6. The average molecular weight is 321 g/mol. The van der Waals surface area contributed by atoms with Gasteiger partial charge in [-0.25, -0.2) is 4.79 Å². The van der Waals surface area contributed by atoms with Crippen molar-refractivity contribution >= 4 is 17.4 Å². The lowest BCUT2D eigenvalue weighted by Gasteiger charge is -2.35. The summed E-state index contributed by atoms with van der Waals surface area (Å²) >= 11 is 0. The van der Waals surface area contributed by atoms with Gasteiger partial charge in [0.25, 0.3) is 0 Å². The molecule has 2 N–H and O–H groups in total. The highest BCUT2D eigenvalue weighted by atomic mass is 16.4. The maximum atomic E-state index is 12.5. The Kier molecular flexibility index (Phi) is 3.97. The monoisotopic (exact) mass is 321 g/mol. The maximum Gasteiger partial charge on any atom is 0.335 e. The normalized spacial score (nSPS) is 17.0. The first kappa shape index (κ1) is 16.0. The van der Waals surface area contributed by atoms with Gasteiger partial charge in [0.1, 0.15) is 0 Å². The number of carbonyl (C=O) groups is 2. The molecule has 0 bridgehead atoms. The SMILES string of the molecule is CC1(C)Cc2cc(C(=O)O)ccc2C(=CC(=O)c2ccccc2)N1. The molecular weight excluding hydrogens is 302 g/mol. The Balaban J connectivity index is 2.05. The zero-order chi connectivity index (χ0) is 17.3. The van der Waals surface area contributed by atoms with Crippen LogP contribution in [0.3, 0.4) is 0 Å². The van der Waals surface area contributed by atoms with Gasteiger partial charge in [-0.15, -0.1) is 0 Å². The van der Waals surface area contributed by atoms with Crippen molar-refractivity contribution in [2.75, 3.05) is 0 Å². The first-order chi connectivity index (χ1) is 11.4. The molecule has 0 aromatic heterocycles. The van der Waals surface area contributed by atoms with Gasteiger partial charge >= 0.3 is 5.97 Å². The first-order valence-corrected chi connectivity index (χ1v) is 7.82. The number of allylic oxidation sites excluding steroid dienone is 1. The summed E-state index contributed by atoms with van der Waals surface area (Å²) in [6.07, 6.45) is 2.29. The fourth-order valence-corrected chi connectivity index (χ4v) is 3.02. The van der Waals surface area contributed by atoms with Crippen molar-refractivity contribution in [3.63, 3.8) is 0 Å². The Labute approximate surface area is 140 Å². The lowest BCUT2D eigenvalue weighted by atomic mass is 9.84. The maximum absolute atomic E-state index is 12.5. The number of ketones is 1. The van der Waals surface area contributed by atoms with E-state index in [0.29, 0.717) is 12.0 Å². The molecule has 0 fully saturated rings. The predicted molar refractivity (Wildman–Crippen MR) is 93.1 cm³/mol. The van der Waals surface area contributed by atoms with Gasteiger partial charge in [0.05, 0.1) is 5.56 Å². The van der Waals surface area contributed by atoms with Crippen LogP contribution >= 0.6 is 0 Å². The highest BCUT2D eigenvalue weighted by molar-refractivity contribution is 6.08. The van der Waals surface area contributed by atoms with Crippen molar-refractivity contribution in [1.82, 2.24) is 5.32 Å². The lowest BCUT2D eigenvalue weighted by molar-refractivity contribution is 0.0696. The summed E-state index contributed by atoms with van der Waals surface area (Å²) in [5.74, 6) is -1.02. The largest absolute Gasteiger partial charge is 0.478 e. The number of hydrogen-bond donors (Lipinski definition) is 2. The molecule has 0 amide bonds. The van der Waals surface area contributed by atoms with Crippen LogP contribution in [0.5, 0.6) is 0 Å². The second-order valence-corrected chi connectivity index (χ2v) is 6.65. The number of benzene rings is 2. The molecule has 24 heavy (non-hydrogen) atoms. The molecule has 4 heteroatoms. The number of carboxylic acid groups (broad SMARTS) is 1. The van der Waals surface area contributed by atoms with Crippen LogP contribution in [0.2, 0.25) is 0 Å². The fraction of sp³-hybridized carbons (Fsp3) is 0.200. The molecule has 1 aliphatic heterocycles. The van der Waals surface area contributed by atoms with Gasteiger partial charge in [-0.2, -0.15) is 0 Å². The van der Waals surface area contributed by atoms with Crippen LogP contribution in [0.4, 0.5) is 0 Å². The van der Waals surface area contributed by atoms with E-state index < -0.39 is 5.97 Å². The molecule has 3 rings (SSSR count). The van der Waals surface area contributed by atoms with E-state index in [-0.39, 0.29) is 16.9 Å². The number of fused-ring (bicyclic) bond motifs is 1. The van der Waals surface area contributed by atoms with Gasteiger partial charge in [0, 0.05) is 28.4 Å². The van der Waals surface area contributed by atoms with E-state index in [1.807, 2.05) is 32.0 Å². The van der Waals surface area contributed by atoms with Crippen LogP contribution in [0.15, 0.2) is 54.6 Å².